The first-order valence-corrected chi connectivity index (χ1v) is 10.7. The highest BCUT2D eigenvalue weighted by atomic mass is 127. The molecule has 0 saturated carbocycles. The maximum absolute atomic E-state index is 13.2. The molecule has 1 aliphatic rings. The number of benzene rings is 1. The molecule has 0 bridgehead atoms. The molecule has 0 spiro atoms. The number of thiazole rings is 1. The van der Waals surface area contributed by atoms with E-state index in [1.807, 2.05) is 13.8 Å². The number of hydrogen-bond donors (Lipinski definition) is 2. The summed E-state index contributed by atoms with van der Waals surface area (Å²) in [6, 6.07) is 5.64. The van der Waals surface area contributed by atoms with Crippen LogP contribution in [0.15, 0.2) is 29.3 Å². The van der Waals surface area contributed by atoms with Crippen LogP contribution in [0.4, 0.5) is 13.2 Å². The highest BCUT2D eigenvalue weighted by molar-refractivity contribution is 14.0. The van der Waals surface area contributed by atoms with E-state index >= 15 is 0 Å². The number of nitrogens with zero attached hydrogens (tertiary/aromatic N) is 2. The minimum absolute atomic E-state index is 0. The Kier molecular flexibility index (Phi) is 9.14. The summed E-state index contributed by atoms with van der Waals surface area (Å²) in [5.41, 5.74) is 0.619. The molecule has 2 N–H and O–H groups in total. The number of hydrogen-bond acceptors (Lipinski definition) is 4. The largest absolute Gasteiger partial charge is 0.416 e. The fourth-order valence-corrected chi connectivity index (χ4v) is 4.48. The van der Waals surface area contributed by atoms with Gasteiger partial charge < -0.3 is 15.4 Å². The minimum Gasteiger partial charge on any atom is -0.381 e. The SMILES string of the molecule is CN=C(NCc1nc(C)c(C)s1)NCC1(c2cccc(C(F)(F)F)c2)CCOCC1.I. The molecule has 3 rings (SSSR count). The number of ether oxygens (including phenoxy) is 1. The number of halogens is 4. The smallest absolute Gasteiger partial charge is 0.381 e. The van der Waals surface area contributed by atoms with Crippen molar-refractivity contribution in [3.63, 3.8) is 0 Å². The van der Waals surface area contributed by atoms with Crippen molar-refractivity contribution in [1.29, 1.82) is 0 Å². The predicted molar refractivity (Wildman–Crippen MR) is 128 cm³/mol. The Bertz CT molecular complexity index is 875. The van der Waals surface area contributed by atoms with Gasteiger partial charge in [-0.2, -0.15) is 13.2 Å². The summed E-state index contributed by atoms with van der Waals surface area (Å²) in [6.45, 7) is 6.05. The van der Waals surface area contributed by atoms with Gasteiger partial charge in [0.05, 0.1) is 17.8 Å². The molecule has 10 heteroatoms. The van der Waals surface area contributed by atoms with Crippen LogP contribution in [0.3, 0.4) is 0 Å². The van der Waals surface area contributed by atoms with E-state index in [-0.39, 0.29) is 24.0 Å². The summed E-state index contributed by atoms with van der Waals surface area (Å²) in [6.07, 6.45) is -3.08. The zero-order valence-electron chi connectivity index (χ0n) is 17.8. The van der Waals surface area contributed by atoms with Gasteiger partial charge in [0.15, 0.2) is 5.96 Å². The van der Waals surface area contributed by atoms with Gasteiger partial charge in [0.1, 0.15) is 5.01 Å². The molecule has 1 aromatic carbocycles. The van der Waals surface area contributed by atoms with Crippen molar-refractivity contribution in [2.45, 2.75) is 44.8 Å². The molecule has 0 aliphatic carbocycles. The number of aryl methyl sites for hydroxylation is 2. The number of nitrogens with one attached hydrogen (secondary N) is 2. The van der Waals surface area contributed by atoms with Gasteiger partial charge in [-0.1, -0.05) is 18.2 Å². The molecule has 0 atom stereocenters. The van der Waals surface area contributed by atoms with Crippen LogP contribution in [0.2, 0.25) is 0 Å². The Morgan fingerprint density at radius 2 is 1.94 bits per heavy atom. The average Bonchev–Trinajstić information content (AvgIpc) is 3.05. The van der Waals surface area contributed by atoms with Crippen molar-refractivity contribution in [3.05, 3.63) is 51.0 Å². The van der Waals surface area contributed by atoms with Gasteiger partial charge in [-0.15, -0.1) is 35.3 Å². The molecule has 0 unspecified atom stereocenters. The minimum atomic E-state index is -4.36. The Morgan fingerprint density at radius 1 is 1.23 bits per heavy atom. The zero-order chi connectivity index (χ0) is 21.8. The van der Waals surface area contributed by atoms with Crippen LogP contribution in [0.25, 0.3) is 0 Å². The molecular formula is C21H28F3IN4OS. The van der Waals surface area contributed by atoms with Crippen molar-refractivity contribution >= 4 is 41.3 Å². The lowest BCUT2D eigenvalue weighted by Gasteiger charge is -2.38. The van der Waals surface area contributed by atoms with Crippen molar-refractivity contribution < 1.29 is 17.9 Å². The summed E-state index contributed by atoms with van der Waals surface area (Å²) in [7, 11) is 1.68. The van der Waals surface area contributed by atoms with Gasteiger partial charge >= 0.3 is 6.18 Å². The lowest BCUT2D eigenvalue weighted by molar-refractivity contribution is -0.137. The second-order valence-corrected chi connectivity index (χ2v) is 8.79. The van der Waals surface area contributed by atoms with Gasteiger partial charge in [0, 0.05) is 37.1 Å². The van der Waals surface area contributed by atoms with Gasteiger partial charge in [0.2, 0.25) is 0 Å². The van der Waals surface area contributed by atoms with Crippen molar-refractivity contribution in [1.82, 2.24) is 15.6 Å². The summed E-state index contributed by atoms with van der Waals surface area (Å²) >= 11 is 1.63. The molecule has 2 aromatic rings. The van der Waals surface area contributed by atoms with Crippen LogP contribution in [-0.2, 0) is 22.9 Å². The third-order valence-electron chi connectivity index (χ3n) is 5.55. The second kappa shape index (κ2) is 11.0. The summed E-state index contributed by atoms with van der Waals surface area (Å²) in [5, 5.41) is 7.52. The molecule has 0 radical (unpaired) electrons. The molecule has 31 heavy (non-hydrogen) atoms. The number of rotatable bonds is 5. The Balaban J connectivity index is 0.00000341. The second-order valence-electron chi connectivity index (χ2n) is 7.50. The fraction of sp³-hybridized carbons (Fsp3) is 0.524. The van der Waals surface area contributed by atoms with E-state index in [4.69, 9.17) is 4.74 Å². The highest BCUT2D eigenvalue weighted by Gasteiger charge is 2.37. The van der Waals surface area contributed by atoms with E-state index < -0.39 is 17.2 Å². The summed E-state index contributed by atoms with van der Waals surface area (Å²) < 4.78 is 45.2. The summed E-state index contributed by atoms with van der Waals surface area (Å²) in [5.74, 6) is 0.596. The van der Waals surface area contributed by atoms with Crippen molar-refractivity contribution in [2.24, 2.45) is 4.99 Å². The molecule has 5 nitrogen and oxygen atoms in total. The summed E-state index contributed by atoms with van der Waals surface area (Å²) in [4.78, 5) is 9.95. The molecular weight excluding hydrogens is 540 g/mol. The van der Waals surface area contributed by atoms with E-state index in [1.54, 1.807) is 24.5 Å². The van der Waals surface area contributed by atoms with Crippen LogP contribution in [0.5, 0.6) is 0 Å². The Morgan fingerprint density at radius 3 is 2.52 bits per heavy atom. The van der Waals surface area contributed by atoms with E-state index in [0.717, 1.165) is 16.8 Å². The van der Waals surface area contributed by atoms with Crippen molar-refractivity contribution in [2.75, 3.05) is 26.8 Å². The maximum Gasteiger partial charge on any atom is 0.416 e. The maximum atomic E-state index is 13.2. The zero-order valence-corrected chi connectivity index (χ0v) is 21.0. The average molecular weight is 568 g/mol. The van der Waals surface area contributed by atoms with Crippen LogP contribution < -0.4 is 10.6 Å². The van der Waals surface area contributed by atoms with Gasteiger partial charge in [0.25, 0.3) is 0 Å². The van der Waals surface area contributed by atoms with E-state index in [9.17, 15) is 13.2 Å². The molecule has 1 aliphatic heterocycles. The first kappa shape index (κ1) is 25.9. The predicted octanol–water partition coefficient (Wildman–Crippen LogP) is 4.81. The lowest BCUT2D eigenvalue weighted by atomic mass is 9.73. The molecule has 172 valence electrons. The highest BCUT2D eigenvalue weighted by Crippen LogP contribution is 2.37. The molecule has 2 heterocycles. The van der Waals surface area contributed by atoms with E-state index in [2.05, 4.69) is 20.6 Å². The van der Waals surface area contributed by atoms with Crippen molar-refractivity contribution in [3.8, 4) is 0 Å². The Hall–Kier alpha value is -1.40. The van der Waals surface area contributed by atoms with Crippen LogP contribution in [0, 0.1) is 13.8 Å². The first-order chi connectivity index (χ1) is 14.2. The third kappa shape index (κ3) is 6.55. The standard InChI is InChI=1S/C21H27F3N4OS.HI/c1-14-15(2)30-18(28-14)12-26-19(25-3)27-13-20(7-9-29-10-8-20)16-5-4-6-17(11-16)21(22,23)24;/h4-6,11H,7-10,12-13H2,1-3H3,(H2,25,26,27);1H. The van der Waals surface area contributed by atoms with Crippen LogP contribution in [-0.4, -0.2) is 37.7 Å². The van der Waals surface area contributed by atoms with E-state index in [0.29, 0.717) is 50.7 Å². The lowest BCUT2D eigenvalue weighted by Crippen LogP contribution is -2.48. The Labute approximate surface area is 201 Å². The number of alkyl halides is 3. The third-order valence-corrected chi connectivity index (χ3v) is 6.62. The topological polar surface area (TPSA) is 58.5 Å². The normalized spacial score (nSPS) is 16.5. The molecule has 1 fully saturated rings. The fourth-order valence-electron chi connectivity index (χ4n) is 3.60. The van der Waals surface area contributed by atoms with E-state index in [1.165, 1.54) is 17.0 Å². The molecule has 1 aromatic heterocycles. The molecule has 1 saturated heterocycles. The first-order valence-electron chi connectivity index (χ1n) is 9.86. The molecule has 0 amide bonds. The number of aliphatic imine (C=N–C) groups is 1. The van der Waals surface area contributed by atoms with Gasteiger partial charge in [-0.25, -0.2) is 4.98 Å². The van der Waals surface area contributed by atoms with Crippen LogP contribution in [0.1, 0.15) is 39.5 Å². The van der Waals surface area contributed by atoms with Gasteiger partial charge in [-0.3, -0.25) is 4.99 Å². The number of guanidine groups is 1. The van der Waals surface area contributed by atoms with Crippen LogP contribution >= 0.6 is 35.3 Å². The van der Waals surface area contributed by atoms with Gasteiger partial charge in [-0.05, 0) is 38.3 Å². The monoisotopic (exact) mass is 568 g/mol. The number of aromatic nitrogens is 1. The quantitative estimate of drug-likeness (QED) is 0.309.